The lowest BCUT2D eigenvalue weighted by Crippen LogP contribution is -2.34. The normalized spacial score (nSPS) is 13.9. The largest absolute Gasteiger partial charge is 0.493 e. The molecule has 1 aromatic carbocycles. The number of ether oxygens (including phenoxy) is 3. The van der Waals surface area contributed by atoms with Gasteiger partial charge >= 0.3 is 0 Å². The number of rotatable bonds is 7. The van der Waals surface area contributed by atoms with Gasteiger partial charge in [0.2, 0.25) is 15.8 Å². The van der Waals surface area contributed by atoms with Crippen LogP contribution in [0.15, 0.2) is 18.2 Å². The molecule has 0 aliphatic carbocycles. The molecular formula is C20H23N5O6S2. The van der Waals surface area contributed by atoms with Crippen molar-refractivity contribution in [2.75, 3.05) is 39.4 Å². The maximum atomic E-state index is 12.8. The van der Waals surface area contributed by atoms with Crippen LogP contribution in [0.1, 0.15) is 21.1 Å². The molecule has 2 N–H and O–H groups in total. The van der Waals surface area contributed by atoms with Crippen LogP contribution in [0.4, 0.5) is 5.13 Å². The van der Waals surface area contributed by atoms with E-state index in [-0.39, 0.29) is 12.2 Å². The lowest BCUT2D eigenvalue weighted by atomic mass is 10.1. The lowest BCUT2D eigenvalue weighted by molar-refractivity contribution is 0.102. The van der Waals surface area contributed by atoms with E-state index < -0.39 is 15.9 Å². The molecule has 176 valence electrons. The molecule has 33 heavy (non-hydrogen) atoms. The molecule has 0 bridgehead atoms. The standard InChI is InChI=1S/C20H23N5O6S2/c1-29-15-7-11(8-16(30-2)18(15)31-3)13-9-14(24-23-13)19(26)22-20-21-12-5-6-25(33(4,27)28)10-17(12)32-20/h7-9H,5-6,10H2,1-4H3,(H,23,24)(H,21,22,26). The average molecular weight is 494 g/mol. The highest BCUT2D eigenvalue weighted by Crippen LogP contribution is 2.41. The molecule has 2 aromatic heterocycles. The van der Waals surface area contributed by atoms with E-state index in [2.05, 4.69) is 20.5 Å². The fourth-order valence-electron chi connectivity index (χ4n) is 3.49. The minimum absolute atomic E-state index is 0.240. The summed E-state index contributed by atoms with van der Waals surface area (Å²) < 4.78 is 41.1. The Morgan fingerprint density at radius 1 is 1.15 bits per heavy atom. The average Bonchev–Trinajstić information content (AvgIpc) is 3.43. The van der Waals surface area contributed by atoms with Crippen molar-refractivity contribution in [3.63, 3.8) is 0 Å². The number of hydrogen-bond acceptors (Lipinski definition) is 9. The van der Waals surface area contributed by atoms with Crippen LogP contribution in [0.5, 0.6) is 17.2 Å². The number of nitrogens with one attached hydrogen (secondary N) is 2. The Hall–Kier alpha value is -3.16. The van der Waals surface area contributed by atoms with E-state index in [0.717, 1.165) is 10.6 Å². The van der Waals surface area contributed by atoms with E-state index in [0.29, 0.717) is 46.6 Å². The van der Waals surface area contributed by atoms with Crippen LogP contribution in [0.2, 0.25) is 0 Å². The Kier molecular flexibility index (Phi) is 6.28. The highest BCUT2D eigenvalue weighted by atomic mass is 32.2. The fourth-order valence-corrected chi connectivity index (χ4v) is 5.38. The van der Waals surface area contributed by atoms with Crippen molar-refractivity contribution < 1.29 is 27.4 Å². The second kappa shape index (κ2) is 9.00. The molecule has 0 atom stereocenters. The number of carbonyl (C=O) groups is 1. The minimum Gasteiger partial charge on any atom is -0.493 e. The molecule has 0 unspecified atom stereocenters. The van der Waals surface area contributed by atoms with E-state index in [9.17, 15) is 13.2 Å². The summed E-state index contributed by atoms with van der Waals surface area (Å²) in [7, 11) is 1.28. The van der Waals surface area contributed by atoms with Crippen LogP contribution in [-0.2, 0) is 23.0 Å². The van der Waals surface area contributed by atoms with Gasteiger partial charge in [-0.1, -0.05) is 0 Å². The molecule has 1 aliphatic heterocycles. The van der Waals surface area contributed by atoms with E-state index in [1.54, 1.807) is 18.2 Å². The Balaban J connectivity index is 1.53. The third-order valence-electron chi connectivity index (χ3n) is 5.17. The number of aromatic amines is 1. The molecule has 1 aliphatic rings. The third kappa shape index (κ3) is 4.65. The van der Waals surface area contributed by atoms with Gasteiger partial charge in [-0.05, 0) is 18.2 Å². The maximum Gasteiger partial charge on any atom is 0.275 e. The van der Waals surface area contributed by atoms with Gasteiger partial charge in [0.25, 0.3) is 5.91 Å². The van der Waals surface area contributed by atoms with E-state index in [1.807, 2.05) is 0 Å². The summed E-state index contributed by atoms with van der Waals surface area (Å²) in [5.41, 5.74) is 2.23. The van der Waals surface area contributed by atoms with Gasteiger partial charge in [-0.15, -0.1) is 11.3 Å². The molecule has 11 nitrogen and oxygen atoms in total. The lowest BCUT2D eigenvalue weighted by Gasteiger charge is -2.23. The van der Waals surface area contributed by atoms with Crippen molar-refractivity contribution in [2.24, 2.45) is 0 Å². The molecule has 1 amide bonds. The number of thiazole rings is 1. The van der Waals surface area contributed by atoms with Crippen LogP contribution < -0.4 is 19.5 Å². The molecule has 3 heterocycles. The Labute approximate surface area is 194 Å². The molecule has 0 radical (unpaired) electrons. The van der Waals surface area contributed by atoms with E-state index in [1.165, 1.54) is 43.2 Å². The number of amides is 1. The zero-order chi connectivity index (χ0) is 23.8. The monoisotopic (exact) mass is 493 g/mol. The van der Waals surface area contributed by atoms with Crippen molar-refractivity contribution >= 4 is 32.4 Å². The summed E-state index contributed by atoms with van der Waals surface area (Å²) in [6, 6.07) is 5.08. The number of aromatic nitrogens is 3. The van der Waals surface area contributed by atoms with Crippen LogP contribution in [0.3, 0.4) is 0 Å². The first-order valence-corrected chi connectivity index (χ1v) is 12.5. The zero-order valence-corrected chi connectivity index (χ0v) is 20.1. The van der Waals surface area contributed by atoms with Gasteiger partial charge in [0.1, 0.15) is 5.69 Å². The van der Waals surface area contributed by atoms with Gasteiger partial charge in [0, 0.05) is 30.0 Å². The molecule has 3 aromatic rings. The summed E-state index contributed by atoms with van der Waals surface area (Å²) >= 11 is 1.26. The quantitative estimate of drug-likeness (QED) is 0.511. The molecule has 13 heteroatoms. The number of nitrogens with zero attached hydrogens (tertiary/aromatic N) is 3. The molecule has 0 fully saturated rings. The first kappa shape index (κ1) is 23.0. The SMILES string of the molecule is COc1cc(-c2cc(C(=O)Nc3nc4c(s3)CN(S(C)(=O)=O)CC4)[nH]n2)cc(OC)c1OC. The smallest absolute Gasteiger partial charge is 0.275 e. The number of carbonyl (C=O) groups excluding carboxylic acids is 1. The molecular weight excluding hydrogens is 470 g/mol. The van der Waals surface area contributed by atoms with Crippen molar-refractivity contribution in [2.45, 2.75) is 13.0 Å². The second-order valence-electron chi connectivity index (χ2n) is 7.27. The number of hydrogen-bond donors (Lipinski definition) is 2. The van der Waals surface area contributed by atoms with Gasteiger partial charge in [-0.25, -0.2) is 13.4 Å². The first-order chi connectivity index (χ1) is 15.7. The van der Waals surface area contributed by atoms with Crippen LogP contribution >= 0.6 is 11.3 Å². The zero-order valence-electron chi connectivity index (χ0n) is 18.5. The van der Waals surface area contributed by atoms with Gasteiger partial charge in [0.05, 0.1) is 39.0 Å². The first-order valence-electron chi connectivity index (χ1n) is 9.84. The van der Waals surface area contributed by atoms with Crippen LogP contribution in [-0.4, -0.2) is 67.9 Å². The number of methoxy groups -OCH3 is 3. The number of sulfonamides is 1. The maximum absolute atomic E-state index is 12.8. The van der Waals surface area contributed by atoms with Crippen molar-refractivity contribution in [1.82, 2.24) is 19.5 Å². The van der Waals surface area contributed by atoms with Gasteiger partial charge in [-0.3, -0.25) is 15.2 Å². The third-order valence-corrected chi connectivity index (χ3v) is 7.42. The molecule has 0 saturated carbocycles. The van der Waals surface area contributed by atoms with Crippen molar-refractivity contribution in [3.05, 3.63) is 34.5 Å². The van der Waals surface area contributed by atoms with Gasteiger partial charge in [-0.2, -0.15) is 9.40 Å². The van der Waals surface area contributed by atoms with E-state index in [4.69, 9.17) is 14.2 Å². The summed E-state index contributed by atoms with van der Waals surface area (Å²) in [5.74, 6) is 0.987. The number of anilines is 1. The van der Waals surface area contributed by atoms with Crippen molar-refractivity contribution in [3.8, 4) is 28.5 Å². The van der Waals surface area contributed by atoms with Crippen LogP contribution in [0, 0.1) is 0 Å². The summed E-state index contributed by atoms with van der Waals surface area (Å²) in [6.45, 7) is 0.638. The molecule has 4 rings (SSSR count). The Bertz CT molecular complexity index is 1280. The predicted molar refractivity (Wildman–Crippen MR) is 123 cm³/mol. The van der Waals surface area contributed by atoms with Crippen LogP contribution in [0.25, 0.3) is 11.3 Å². The number of H-pyrrole nitrogens is 1. The van der Waals surface area contributed by atoms with E-state index >= 15 is 0 Å². The molecule has 0 saturated heterocycles. The van der Waals surface area contributed by atoms with Crippen molar-refractivity contribution in [1.29, 1.82) is 0 Å². The summed E-state index contributed by atoms with van der Waals surface area (Å²) in [5, 5.41) is 10.1. The second-order valence-corrected chi connectivity index (χ2v) is 10.3. The summed E-state index contributed by atoms with van der Waals surface area (Å²) in [6.07, 6.45) is 1.69. The highest BCUT2D eigenvalue weighted by molar-refractivity contribution is 7.88. The highest BCUT2D eigenvalue weighted by Gasteiger charge is 2.27. The molecule has 0 spiro atoms. The number of fused-ring (bicyclic) bond motifs is 1. The minimum atomic E-state index is -3.28. The Morgan fingerprint density at radius 2 is 1.85 bits per heavy atom. The van der Waals surface area contributed by atoms with Gasteiger partial charge in [0.15, 0.2) is 16.6 Å². The Morgan fingerprint density at radius 3 is 2.45 bits per heavy atom. The topological polar surface area (TPSA) is 136 Å². The predicted octanol–water partition coefficient (Wildman–Crippen LogP) is 2.13. The fraction of sp³-hybridized carbons (Fsp3) is 0.350. The van der Waals surface area contributed by atoms with Gasteiger partial charge < -0.3 is 14.2 Å². The summed E-state index contributed by atoms with van der Waals surface area (Å²) in [4.78, 5) is 18.0. The number of benzene rings is 1.